The third-order valence-corrected chi connectivity index (χ3v) is 11.1. The number of halogens is 4. The van der Waals surface area contributed by atoms with Crippen LogP contribution in [0.1, 0.15) is 23.1 Å². The summed E-state index contributed by atoms with van der Waals surface area (Å²) in [7, 11) is -2.18. The molecular weight excluding hydrogens is 597 g/mol. The highest BCUT2D eigenvalue weighted by molar-refractivity contribution is 9.10. The summed E-state index contributed by atoms with van der Waals surface area (Å²) in [6.07, 6.45) is -4.44. The van der Waals surface area contributed by atoms with Crippen LogP contribution in [0, 0.1) is 13.8 Å². The van der Waals surface area contributed by atoms with Gasteiger partial charge in [-0.3, -0.25) is 4.72 Å². The molecule has 1 aliphatic heterocycles. The lowest BCUT2D eigenvalue weighted by molar-refractivity contribution is -0.139. The molecule has 1 N–H and O–H groups in total. The number of anilines is 1. The summed E-state index contributed by atoms with van der Waals surface area (Å²) in [5.41, 5.74) is 1.35. The molecule has 0 aliphatic carbocycles. The maximum atomic E-state index is 13.6. The van der Waals surface area contributed by atoms with E-state index in [-0.39, 0.29) is 15.6 Å². The van der Waals surface area contributed by atoms with Gasteiger partial charge in [0.05, 0.1) is 15.5 Å². The molecular formula is C24H24BrF3N2O3S3. The predicted molar refractivity (Wildman–Crippen MR) is 141 cm³/mol. The van der Waals surface area contributed by atoms with Crippen LogP contribution in [0.15, 0.2) is 60.3 Å². The molecule has 0 saturated carbocycles. The highest BCUT2D eigenvalue weighted by Gasteiger charge is 2.36. The third kappa shape index (κ3) is 6.39. The summed E-state index contributed by atoms with van der Waals surface area (Å²) < 4.78 is 76.4. The Bertz CT molecular complexity index is 1380. The monoisotopic (exact) mass is 620 g/mol. The van der Waals surface area contributed by atoms with Gasteiger partial charge in [-0.15, -0.1) is 11.3 Å². The van der Waals surface area contributed by atoms with Crippen molar-refractivity contribution in [2.45, 2.75) is 45.9 Å². The van der Waals surface area contributed by atoms with Gasteiger partial charge >= 0.3 is 6.18 Å². The van der Waals surface area contributed by atoms with Crippen molar-refractivity contribution < 1.29 is 26.3 Å². The number of nitrogens with one attached hydrogen (secondary N) is 1. The Balaban J connectivity index is 1.57. The molecule has 1 unspecified atom stereocenters. The molecule has 1 fully saturated rings. The first-order valence-corrected chi connectivity index (χ1v) is 14.9. The molecule has 194 valence electrons. The summed E-state index contributed by atoms with van der Waals surface area (Å²) >= 11 is 5.94. The van der Waals surface area contributed by atoms with Gasteiger partial charge in [0.25, 0.3) is 10.0 Å². The number of hydrogen-bond acceptors (Lipinski definition) is 6. The SMILES string of the molecule is Cc1ccc(Sc2sc(S(=O)(=O)Nc3ccc(C(F)(F)F)c(OC4CCN(C)C4)c3)cc2Br)cc1C. The quantitative estimate of drug-likeness (QED) is 0.303. The van der Waals surface area contributed by atoms with Crippen molar-refractivity contribution in [3.8, 4) is 5.75 Å². The number of aryl methyl sites for hydroxylation is 2. The molecule has 0 amide bonds. The predicted octanol–water partition coefficient (Wildman–Crippen LogP) is 7.18. The van der Waals surface area contributed by atoms with E-state index in [1.807, 2.05) is 44.0 Å². The topological polar surface area (TPSA) is 58.6 Å². The molecule has 5 nitrogen and oxygen atoms in total. The van der Waals surface area contributed by atoms with Crippen LogP contribution in [0.25, 0.3) is 0 Å². The highest BCUT2D eigenvalue weighted by Crippen LogP contribution is 2.43. The molecule has 0 spiro atoms. The number of hydrogen-bond donors (Lipinski definition) is 1. The van der Waals surface area contributed by atoms with Crippen LogP contribution in [0.3, 0.4) is 0 Å². The van der Waals surface area contributed by atoms with E-state index < -0.39 is 27.9 Å². The molecule has 1 atom stereocenters. The molecule has 2 heterocycles. The maximum Gasteiger partial charge on any atom is 0.419 e. The smallest absolute Gasteiger partial charge is 0.419 e. The van der Waals surface area contributed by atoms with Crippen LogP contribution >= 0.6 is 39.0 Å². The van der Waals surface area contributed by atoms with Crippen molar-refractivity contribution in [2.24, 2.45) is 0 Å². The van der Waals surface area contributed by atoms with Crippen LogP contribution in [-0.4, -0.2) is 39.6 Å². The third-order valence-electron chi connectivity index (χ3n) is 5.77. The van der Waals surface area contributed by atoms with Gasteiger partial charge < -0.3 is 9.64 Å². The maximum absolute atomic E-state index is 13.6. The van der Waals surface area contributed by atoms with E-state index >= 15 is 0 Å². The molecule has 12 heteroatoms. The lowest BCUT2D eigenvalue weighted by Gasteiger charge is -2.19. The molecule has 36 heavy (non-hydrogen) atoms. The first kappa shape index (κ1) is 27.3. The van der Waals surface area contributed by atoms with E-state index in [0.29, 0.717) is 24.0 Å². The molecule has 0 radical (unpaired) electrons. The van der Waals surface area contributed by atoms with E-state index in [1.54, 1.807) is 0 Å². The molecule has 0 bridgehead atoms. The van der Waals surface area contributed by atoms with Crippen molar-refractivity contribution in [1.29, 1.82) is 0 Å². The number of thiophene rings is 1. The molecule has 1 aromatic heterocycles. The van der Waals surface area contributed by atoms with Crippen LogP contribution in [0.5, 0.6) is 5.75 Å². The van der Waals surface area contributed by atoms with E-state index in [9.17, 15) is 21.6 Å². The molecule has 1 aliphatic rings. The second-order valence-corrected chi connectivity index (χ2v) is 13.8. The second-order valence-electron chi connectivity index (χ2n) is 8.65. The van der Waals surface area contributed by atoms with Crippen molar-refractivity contribution in [3.63, 3.8) is 0 Å². The summed E-state index contributed by atoms with van der Waals surface area (Å²) in [6.45, 7) is 5.24. The zero-order chi connectivity index (χ0) is 26.3. The lowest BCUT2D eigenvalue weighted by atomic mass is 10.1. The van der Waals surface area contributed by atoms with E-state index in [0.717, 1.165) is 49.8 Å². The van der Waals surface area contributed by atoms with Crippen LogP contribution < -0.4 is 9.46 Å². The summed E-state index contributed by atoms with van der Waals surface area (Å²) in [5.74, 6) is -0.388. The van der Waals surface area contributed by atoms with Gasteiger partial charge in [-0.25, -0.2) is 8.42 Å². The molecule has 3 aromatic rings. The Morgan fingerprint density at radius 1 is 1.14 bits per heavy atom. The van der Waals surface area contributed by atoms with Gasteiger partial charge in [0, 0.05) is 28.5 Å². The minimum atomic E-state index is -4.63. The number of likely N-dealkylation sites (N-methyl/N-ethyl adjacent to an activating group) is 1. The Morgan fingerprint density at radius 2 is 1.89 bits per heavy atom. The number of rotatable bonds is 7. The fourth-order valence-electron chi connectivity index (χ4n) is 3.71. The number of nitrogens with zero attached hydrogens (tertiary/aromatic N) is 1. The van der Waals surface area contributed by atoms with Gasteiger partial charge in [0.1, 0.15) is 16.1 Å². The minimum absolute atomic E-state index is 0.00256. The lowest BCUT2D eigenvalue weighted by Crippen LogP contribution is -2.23. The van der Waals surface area contributed by atoms with Gasteiger partial charge in [-0.05, 0) is 84.7 Å². The van der Waals surface area contributed by atoms with Gasteiger partial charge in [-0.2, -0.15) is 13.2 Å². The fraction of sp³-hybridized carbons (Fsp3) is 0.333. The average molecular weight is 622 g/mol. The van der Waals surface area contributed by atoms with Crippen LogP contribution in [-0.2, 0) is 16.2 Å². The number of benzene rings is 2. The first-order valence-electron chi connectivity index (χ1n) is 11.0. The average Bonchev–Trinajstić information content (AvgIpc) is 3.35. The largest absolute Gasteiger partial charge is 0.488 e. The molecule has 4 rings (SSSR count). The van der Waals surface area contributed by atoms with Gasteiger partial charge in [0.15, 0.2) is 0 Å². The Hall–Kier alpha value is -1.73. The Morgan fingerprint density at radius 3 is 2.53 bits per heavy atom. The summed E-state index contributed by atoms with van der Waals surface area (Å²) in [6, 6.07) is 10.5. The zero-order valence-electron chi connectivity index (χ0n) is 19.6. The van der Waals surface area contributed by atoms with Gasteiger partial charge in [-0.1, -0.05) is 17.8 Å². The van der Waals surface area contributed by atoms with Crippen LogP contribution in [0.4, 0.5) is 18.9 Å². The van der Waals surface area contributed by atoms with Crippen molar-refractivity contribution in [1.82, 2.24) is 4.90 Å². The van der Waals surface area contributed by atoms with Gasteiger partial charge in [0.2, 0.25) is 0 Å². The normalized spacial score (nSPS) is 16.9. The number of likely N-dealkylation sites (tertiary alicyclic amines) is 1. The standard InChI is InChI=1S/C24H24BrF3N2O3S3/c1-14-4-6-18(10-15(14)2)34-23-20(25)12-22(35-23)36(31,32)29-16-5-7-19(24(26,27)28)21(11-16)33-17-8-9-30(3)13-17/h4-7,10-12,17,29H,8-9,13H2,1-3H3. The van der Waals surface area contributed by atoms with E-state index in [1.165, 1.54) is 17.8 Å². The van der Waals surface area contributed by atoms with E-state index in [2.05, 4.69) is 20.7 Å². The zero-order valence-corrected chi connectivity index (χ0v) is 23.7. The van der Waals surface area contributed by atoms with Crippen molar-refractivity contribution >= 4 is 54.7 Å². The first-order chi connectivity index (χ1) is 16.8. The van der Waals surface area contributed by atoms with Crippen molar-refractivity contribution in [2.75, 3.05) is 24.9 Å². The molecule has 2 aromatic carbocycles. The van der Waals surface area contributed by atoms with E-state index in [4.69, 9.17) is 4.74 Å². The highest BCUT2D eigenvalue weighted by atomic mass is 79.9. The summed E-state index contributed by atoms with van der Waals surface area (Å²) in [4.78, 5) is 2.94. The number of ether oxygens (including phenoxy) is 1. The number of alkyl halides is 3. The Kier molecular flexibility index (Phi) is 8.01. The van der Waals surface area contributed by atoms with Crippen molar-refractivity contribution in [3.05, 3.63) is 63.6 Å². The minimum Gasteiger partial charge on any atom is -0.488 e. The second kappa shape index (κ2) is 10.6. The number of sulfonamides is 1. The van der Waals surface area contributed by atoms with Crippen LogP contribution in [0.2, 0.25) is 0 Å². The Labute approximate surface area is 225 Å². The summed E-state index contributed by atoms with van der Waals surface area (Å²) in [5, 5.41) is 0. The fourth-order valence-corrected chi connectivity index (χ4v) is 8.50. The molecule has 1 saturated heterocycles.